The lowest BCUT2D eigenvalue weighted by Gasteiger charge is -1.96. The van der Waals surface area contributed by atoms with Crippen LogP contribution in [0.5, 0.6) is 0 Å². The molecule has 0 aliphatic rings. The molecule has 1 N–H and O–H groups in total. The molecule has 0 unspecified atom stereocenters. The van der Waals surface area contributed by atoms with E-state index in [1.54, 1.807) is 12.1 Å². The van der Waals surface area contributed by atoms with Crippen molar-refractivity contribution in [1.29, 1.82) is 0 Å². The highest BCUT2D eigenvalue weighted by molar-refractivity contribution is 7.79. The van der Waals surface area contributed by atoms with E-state index < -0.39 is 5.97 Å². The Kier molecular flexibility index (Phi) is 2.12. The fourth-order valence-corrected chi connectivity index (χ4v) is 1.31. The second kappa shape index (κ2) is 3.30. The molecule has 0 bridgehead atoms. The normalized spacial score (nSPS) is 10.6. The Bertz CT molecular complexity index is 494. The molecule has 5 nitrogen and oxygen atoms in total. The topological polar surface area (TPSA) is 67.5 Å². The van der Waals surface area contributed by atoms with Gasteiger partial charge in [-0.3, -0.25) is 0 Å². The standard InChI is InChI=1S/C8H7N3O2S/c12-8(13)5-2-1-3-7-9-6(4-14)10-11(5)7/h1-3,14H,4H2,(H,12,13). The van der Waals surface area contributed by atoms with Crippen molar-refractivity contribution < 1.29 is 9.90 Å². The molecule has 2 aromatic rings. The van der Waals surface area contributed by atoms with Crippen molar-refractivity contribution in [3.63, 3.8) is 0 Å². The maximum atomic E-state index is 10.8. The smallest absolute Gasteiger partial charge is 0.354 e. The van der Waals surface area contributed by atoms with Gasteiger partial charge in [0.1, 0.15) is 0 Å². The van der Waals surface area contributed by atoms with E-state index in [4.69, 9.17) is 5.11 Å². The van der Waals surface area contributed by atoms with Crippen molar-refractivity contribution in [3.8, 4) is 0 Å². The molecule has 6 heteroatoms. The highest BCUT2D eigenvalue weighted by atomic mass is 32.1. The van der Waals surface area contributed by atoms with Crippen LogP contribution in [0.4, 0.5) is 0 Å². The van der Waals surface area contributed by atoms with Gasteiger partial charge >= 0.3 is 5.97 Å². The zero-order chi connectivity index (χ0) is 10.1. The number of carbonyl (C=O) groups is 1. The number of hydrogen-bond donors (Lipinski definition) is 2. The number of aromatic carboxylic acids is 1. The van der Waals surface area contributed by atoms with E-state index in [9.17, 15) is 4.79 Å². The molecule has 0 amide bonds. The van der Waals surface area contributed by atoms with Crippen LogP contribution < -0.4 is 0 Å². The first-order valence-electron chi connectivity index (χ1n) is 3.91. The predicted octanol–water partition coefficient (Wildman–Crippen LogP) is 0.857. The predicted molar refractivity (Wildman–Crippen MR) is 52.6 cm³/mol. The van der Waals surface area contributed by atoms with E-state index in [1.165, 1.54) is 10.6 Å². The molecule has 0 spiro atoms. The number of aromatic nitrogens is 3. The van der Waals surface area contributed by atoms with Crippen molar-refractivity contribution >= 4 is 24.2 Å². The van der Waals surface area contributed by atoms with Gasteiger partial charge in [-0.1, -0.05) is 6.07 Å². The van der Waals surface area contributed by atoms with Crippen LogP contribution in [0, 0.1) is 0 Å². The number of carboxylic acid groups (broad SMARTS) is 1. The summed E-state index contributed by atoms with van der Waals surface area (Å²) in [7, 11) is 0. The molecule has 0 aliphatic heterocycles. The number of hydrogen-bond acceptors (Lipinski definition) is 4. The lowest BCUT2D eigenvalue weighted by molar-refractivity contribution is 0.0687. The zero-order valence-electron chi connectivity index (χ0n) is 7.08. The largest absolute Gasteiger partial charge is 0.477 e. The zero-order valence-corrected chi connectivity index (χ0v) is 7.98. The molecule has 0 saturated carbocycles. The van der Waals surface area contributed by atoms with Crippen molar-refractivity contribution in [2.45, 2.75) is 5.75 Å². The van der Waals surface area contributed by atoms with Crippen LogP contribution in [-0.2, 0) is 5.75 Å². The Balaban J connectivity index is 2.73. The Labute approximate surface area is 84.8 Å². The third-order valence-corrected chi connectivity index (χ3v) is 2.05. The summed E-state index contributed by atoms with van der Waals surface area (Å²) in [5.74, 6) is -0.117. The molecule has 0 aliphatic carbocycles. The van der Waals surface area contributed by atoms with Crippen LogP contribution in [-0.4, -0.2) is 25.7 Å². The fourth-order valence-electron chi connectivity index (χ4n) is 1.18. The summed E-state index contributed by atoms with van der Waals surface area (Å²) in [6.07, 6.45) is 0. The van der Waals surface area contributed by atoms with Crippen molar-refractivity contribution in [1.82, 2.24) is 14.6 Å². The van der Waals surface area contributed by atoms with Crippen LogP contribution in [0.25, 0.3) is 5.65 Å². The van der Waals surface area contributed by atoms with E-state index in [0.717, 1.165) is 0 Å². The number of carboxylic acids is 1. The minimum Gasteiger partial charge on any atom is -0.477 e. The van der Waals surface area contributed by atoms with E-state index in [2.05, 4.69) is 22.7 Å². The van der Waals surface area contributed by atoms with Gasteiger partial charge in [0.05, 0.1) is 5.75 Å². The fraction of sp³-hybridized carbons (Fsp3) is 0.125. The molecule has 72 valence electrons. The third kappa shape index (κ3) is 1.33. The summed E-state index contributed by atoms with van der Waals surface area (Å²) < 4.78 is 1.30. The van der Waals surface area contributed by atoms with Crippen molar-refractivity contribution in [2.24, 2.45) is 0 Å². The lowest BCUT2D eigenvalue weighted by Crippen LogP contribution is -2.05. The number of nitrogens with zero attached hydrogens (tertiary/aromatic N) is 3. The monoisotopic (exact) mass is 209 g/mol. The summed E-state index contributed by atoms with van der Waals surface area (Å²) in [6, 6.07) is 4.81. The second-order valence-corrected chi connectivity index (χ2v) is 2.99. The molecule has 0 saturated heterocycles. The van der Waals surface area contributed by atoms with Crippen LogP contribution in [0.2, 0.25) is 0 Å². The molecular formula is C8H7N3O2S. The molecule has 0 radical (unpaired) electrons. The van der Waals surface area contributed by atoms with Crippen molar-refractivity contribution in [3.05, 3.63) is 29.7 Å². The highest BCUT2D eigenvalue weighted by Crippen LogP contribution is 2.07. The number of pyridine rings is 1. The maximum absolute atomic E-state index is 10.8. The molecule has 2 rings (SSSR count). The van der Waals surface area contributed by atoms with E-state index in [1.807, 2.05) is 0 Å². The van der Waals surface area contributed by atoms with Crippen LogP contribution in [0.3, 0.4) is 0 Å². The van der Waals surface area contributed by atoms with Crippen LogP contribution >= 0.6 is 12.6 Å². The third-order valence-electron chi connectivity index (χ3n) is 1.76. The van der Waals surface area contributed by atoms with Gasteiger partial charge in [-0.15, -0.1) is 5.10 Å². The quantitative estimate of drug-likeness (QED) is 0.720. The summed E-state index contributed by atoms with van der Waals surface area (Å²) >= 11 is 4.02. The van der Waals surface area contributed by atoms with E-state index >= 15 is 0 Å². The van der Waals surface area contributed by atoms with Crippen LogP contribution in [0.1, 0.15) is 16.3 Å². The van der Waals surface area contributed by atoms with Gasteiger partial charge in [-0.25, -0.2) is 14.3 Å². The Hall–Kier alpha value is -1.56. The number of thiol groups is 1. The Morgan fingerprint density at radius 2 is 2.36 bits per heavy atom. The number of rotatable bonds is 2. The minimum absolute atomic E-state index is 0.100. The van der Waals surface area contributed by atoms with Crippen LogP contribution in [0.15, 0.2) is 18.2 Å². The molecule has 2 heterocycles. The minimum atomic E-state index is -1.02. The summed E-state index contributed by atoms with van der Waals surface area (Å²) in [4.78, 5) is 14.9. The summed E-state index contributed by atoms with van der Waals surface area (Å²) in [6.45, 7) is 0. The Morgan fingerprint density at radius 3 is 3.00 bits per heavy atom. The van der Waals surface area contributed by atoms with E-state index in [-0.39, 0.29) is 5.69 Å². The van der Waals surface area contributed by atoms with Gasteiger partial charge in [-0.05, 0) is 12.1 Å². The summed E-state index contributed by atoms with van der Waals surface area (Å²) in [5.41, 5.74) is 0.622. The van der Waals surface area contributed by atoms with Gasteiger partial charge in [0, 0.05) is 0 Å². The molecule has 0 aromatic carbocycles. The van der Waals surface area contributed by atoms with Gasteiger partial charge in [0.25, 0.3) is 0 Å². The van der Waals surface area contributed by atoms with Gasteiger partial charge in [0.2, 0.25) is 0 Å². The average Bonchev–Trinajstić information content (AvgIpc) is 2.59. The Morgan fingerprint density at radius 1 is 1.57 bits per heavy atom. The molecular weight excluding hydrogens is 202 g/mol. The van der Waals surface area contributed by atoms with E-state index in [0.29, 0.717) is 17.2 Å². The molecule has 0 atom stereocenters. The molecule has 0 fully saturated rings. The first-order valence-corrected chi connectivity index (χ1v) is 4.54. The highest BCUT2D eigenvalue weighted by Gasteiger charge is 2.10. The SMILES string of the molecule is O=C(O)c1cccc2nc(CS)nn12. The van der Waals surface area contributed by atoms with Crippen molar-refractivity contribution in [2.75, 3.05) is 0 Å². The number of fused-ring (bicyclic) bond motifs is 1. The second-order valence-electron chi connectivity index (χ2n) is 2.67. The van der Waals surface area contributed by atoms with Gasteiger partial charge < -0.3 is 5.11 Å². The first-order chi connectivity index (χ1) is 6.72. The average molecular weight is 209 g/mol. The van der Waals surface area contributed by atoms with Gasteiger partial charge in [0.15, 0.2) is 17.2 Å². The lowest BCUT2D eigenvalue weighted by atomic mass is 10.3. The maximum Gasteiger partial charge on any atom is 0.354 e. The molecule has 14 heavy (non-hydrogen) atoms. The molecule has 2 aromatic heterocycles. The summed E-state index contributed by atoms with van der Waals surface area (Å²) in [5, 5.41) is 12.9. The first kappa shape index (κ1) is 9.01. The van der Waals surface area contributed by atoms with Gasteiger partial charge in [-0.2, -0.15) is 12.6 Å².